The second-order valence-electron chi connectivity index (χ2n) is 7.58. The third kappa shape index (κ3) is 4.20. The van der Waals surface area contributed by atoms with Crippen LogP contribution in [-0.4, -0.2) is 28.2 Å². The van der Waals surface area contributed by atoms with Crippen molar-refractivity contribution in [2.75, 3.05) is 11.5 Å². The predicted octanol–water partition coefficient (Wildman–Crippen LogP) is 4.85. The van der Waals surface area contributed by atoms with E-state index in [0.29, 0.717) is 17.4 Å². The number of anilines is 1. The van der Waals surface area contributed by atoms with Crippen LogP contribution in [0.25, 0.3) is 17.0 Å². The molecule has 1 fully saturated rings. The lowest BCUT2D eigenvalue weighted by atomic mass is 10.1. The van der Waals surface area contributed by atoms with E-state index in [0.717, 1.165) is 37.8 Å². The lowest BCUT2D eigenvalue weighted by molar-refractivity contribution is -0.143. The van der Waals surface area contributed by atoms with Crippen molar-refractivity contribution in [3.8, 4) is 0 Å². The van der Waals surface area contributed by atoms with Gasteiger partial charge in [-0.25, -0.2) is 0 Å². The number of carbonyl (C=O) groups is 2. The first kappa shape index (κ1) is 22.2. The zero-order valence-corrected chi connectivity index (χ0v) is 20.3. The van der Waals surface area contributed by atoms with Crippen LogP contribution in [0.1, 0.15) is 23.6 Å². The lowest BCUT2D eigenvalue weighted by Gasteiger charge is -2.15. The molecule has 4 rings (SSSR count). The third-order valence-electron chi connectivity index (χ3n) is 5.41. The SMILES string of the molecule is CCOC(=O)Cn1cc(/C=C2\NC(=S)N(c3ccc(C)c(C)c3)C2=O)c2cc(Br)ccc21. The first-order valence-electron chi connectivity index (χ1n) is 10.2. The van der Waals surface area contributed by atoms with Gasteiger partial charge in [0.25, 0.3) is 5.91 Å². The van der Waals surface area contributed by atoms with E-state index in [4.69, 9.17) is 17.0 Å². The summed E-state index contributed by atoms with van der Waals surface area (Å²) in [5, 5.41) is 4.28. The van der Waals surface area contributed by atoms with E-state index in [9.17, 15) is 9.59 Å². The highest BCUT2D eigenvalue weighted by Crippen LogP contribution is 2.29. The number of aryl methyl sites for hydroxylation is 2. The van der Waals surface area contributed by atoms with Gasteiger partial charge in [-0.15, -0.1) is 0 Å². The maximum absolute atomic E-state index is 13.2. The van der Waals surface area contributed by atoms with Crippen LogP contribution in [0.15, 0.2) is 52.8 Å². The van der Waals surface area contributed by atoms with Gasteiger partial charge in [0.2, 0.25) is 0 Å². The van der Waals surface area contributed by atoms with Crippen molar-refractivity contribution in [1.29, 1.82) is 0 Å². The molecule has 1 aliphatic rings. The number of halogens is 1. The van der Waals surface area contributed by atoms with Crippen molar-refractivity contribution in [3.05, 3.63) is 69.5 Å². The van der Waals surface area contributed by atoms with Gasteiger partial charge in [-0.3, -0.25) is 14.5 Å². The molecule has 1 aliphatic heterocycles. The molecule has 8 heteroatoms. The summed E-state index contributed by atoms with van der Waals surface area (Å²) in [6.45, 7) is 6.22. The number of nitrogens with one attached hydrogen (secondary N) is 1. The number of esters is 1. The van der Waals surface area contributed by atoms with E-state index in [1.54, 1.807) is 13.0 Å². The molecule has 0 saturated carbocycles. The molecule has 2 heterocycles. The molecule has 0 bridgehead atoms. The lowest BCUT2D eigenvalue weighted by Crippen LogP contribution is -2.30. The van der Waals surface area contributed by atoms with Crippen LogP contribution in [0.2, 0.25) is 0 Å². The maximum atomic E-state index is 13.2. The number of ether oxygens (including phenoxy) is 1. The first-order chi connectivity index (χ1) is 15.3. The predicted molar refractivity (Wildman–Crippen MR) is 133 cm³/mol. The number of fused-ring (bicyclic) bond motifs is 1. The van der Waals surface area contributed by atoms with Crippen molar-refractivity contribution in [2.24, 2.45) is 0 Å². The van der Waals surface area contributed by atoms with Crippen molar-refractivity contribution >= 4 is 67.8 Å². The zero-order valence-electron chi connectivity index (χ0n) is 17.9. The van der Waals surface area contributed by atoms with Crippen LogP contribution in [0.5, 0.6) is 0 Å². The number of nitrogens with zero attached hydrogens (tertiary/aromatic N) is 2. The van der Waals surface area contributed by atoms with Gasteiger partial charge in [0.15, 0.2) is 5.11 Å². The summed E-state index contributed by atoms with van der Waals surface area (Å²) in [6, 6.07) is 11.6. The molecule has 32 heavy (non-hydrogen) atoms. The normalized spacial score (nSPS) is 15.0. The Balaban J connectivity index is 1.73. The fourth-order valence-electron chi connectivity index (χ4n) is 3.68. The van der Waals surface area contributed by atoms with Crippen LogP contribution in [0.3, 0.4) is 0 Å². The number of rotatable bonds is 5. The molecule has 6 nitrogen and oxygen atoms in total. The molecule has 1 aromatic heterocycles. The highest BCUT2D eigenvalue weighted by molar-refractivity contribution is 9.10. The summed E-state index contributed by atoms with van der Waals surface area (Å²) in [6.07, 6.45) is 3.61. The zero-order chi connectivity index (χ0) is 23.0. The molecule has 0 aliphatic carbocycles. The Kier molecular flexibility index (Phi) is 6.17. The van der Waals surface area contributed by atoms with E-state index < -0.39 is 0 Å². The molecule has 1 saturated heterocycles. The van der Waals surface area contributed by atoms with Crippen LogP contribution in [0, 0.1) is 13.8 Å². The third-order valence-corrected chi connectivity index (χ3v) is 6.18. The molecule has 0 spiro atoms. The van der Waals surface area contributed by atoms with Gasteiger partial charge in [-0.05, 0) is 80.5 Å². The summed E-state index contributed by atoms with van der Waals surface area (Å²) >= 11 is 8.96. The van der Waals surface area contributed by atoms with Crippen LogP contribution in [0.4, 0.5) is 5.69 Å². The average Bonchev–Trinajstić information content (AvgIpc) is 3.20. The Hall–Kier alpha value is -2.97. The molecule has 2 aromatic carbocycles. The average molecular weight is 512 g/mol. The molecule has 0 unspecified atom stereocenters. The minimum absolute atomic E-state index is 0.0870. The second kappa shape index (κ2) is 8.88. The Labute approximate surface area is 200 Å². The quantitative estimate of drug-likeness (QED) is 0.301. The van der Waals surface area contributed by atoms with Gasteiger partial charge < -0.3 is 14.6 Å². The number of amides is 1. The number of hydrogen-bond donors (Lipinski definition) is 1. The Morgan fingerprint density at radius 3 is 2.69 bits per heavy atom. The Morgan fingerprint density at radius 2 is 1.97 bits per heavy atom. The summed E-state index contributed by atoms with van der Waals surface area (Å²) < 4.78 is 7.82. The fraction of sp³-hybridized carbons (Fsp3) is 0.208. The van der Waals surface area contributed by atoms with Gasteiger partial charge in [-0.1, -0.05) is 22.0 Å². The molecule has 3 aromatic rings. The van der Waals surface area contributed by atoms with E-state index >= 15 is 0 Å². The van der Waals surface area contributed by atoms with E-state index in [1.807, 2.05) is 61.0 Å². The van der Waals surface area contributed by atoms with Gasteiger partial charge in [0.05, 0.1) is 12.3 Å². The first-order valence-corrected chi connectivity index (χ1v) is 11.4. The molecular formula is C24H22BrN3O3S. The van der Waals surface area contributed by atoms with Crippen molar-refractivity contribution in [1.82, 2.24) is 9.88 Å². The van der Waals surface area contributed by atoms with Crippen LogP contribution >= 0.6 is 28.1 Å². The topological polar surface area (TPSA) is 63.6 Å². The smallest absolute Gasteiger partial charge is 0.325 e. The maximum Gasteiger partial charge on any atom is 0.325 e. The highest BCUT2D eigenvalue weighted by atomic mass is 79.9. The number of benzene rings is 2. The molecular weight excluding hydrogens is 490 g/mol. The van der Waals surface area contributed by atoms with Crippen molar-refractivity contribution in [3.63, 3.8) is 0 Å². The summed E-state index contributed by atoms with van der Waals surface area (Å²) in [4.78, 5) is 26.8. The largest absolute Gasteiger partial charge is 0.465 e. The summed E-state index contributed by atoms with van der Waals surface area (Å²) in [5.74, 6) is -0.539. The summed E-state index contributed by atoms with van der Waals surface area (Å²) in [5.41, 5.74) is 5.01. The molecule has 0 radical (unpaired) electrons. The number of aromatic nitrogens is 1. The standard InChI is InChI=1S/C24H22BrN3O3S/c1-4-31-22(29)13-27-12-16(19-11-17(25)6-8-21(19)27)10-20-23(30)28(24(32)26-20)18-7-5-14(2)15(3)9-18/h5-12H,4,13H2,1-3H3,(H,26,32)/b20-10-. The number of hydrogen-bond acceptors (Lipinski definition) is 4. The van der Waals surface area contributed by atoms with Crippen LogP contribution in [-0.2, 0) is 20.9 Å². The second-order valence-corrected chi connectivity index (χ2v) is 8.88. The Morgan fingerprint density at radius 1 is 1.19 bits per heavy atom. The van der Waals surface area contributed by atoms with Gasteiger partial charge in [0, 0.05) is 27.1 Å². The molecule has 0 atom stereocenters. The van der Waals surface area contributed by atoms with Gasteiger partial charge in [0.1, 0.15) is 12.2 Å². The minimum Gasteiger partial charge on any atom is -0.465 e. The van der Waals surface area contributed by atoms with E-state index in [2.05, 4.69) is 21.2 Å². The molecule has 1 N–H and O–H groups in total. The van der Waals surface area contributed by atoms with Crippen molar-refractivity contribution in [2.45, 2.75) is 27.3 Å². The van der Waals surface area contributed by atoms with E-state index in [-0.39, 0.29) is 18.4 Å². The molecule has 1 amide bonds. The summed E-state index contributed by atoms with van der Waals surface area (Å²) in [7, 11) is 0. The van der Waals surface area contributed by atoms with Crippen LogP contribution < -0.4 is 10.2 Å². The number of thiocarbonyl (C=S) groups is 1. The number of carbonyl (C=O) groups excluding carboxylic acids is 2. The minimum atomic E-state index is -0.316. The van der Waals surface area contributed by atoms with Crippen molar-refractivity contribution < 1.29 is 14.3 Å². The monoisotopic (exact) mass is 511 g/mol. The Bertz CT molecular complexity index is 1300. The van der Waals surface area contributed by atoms with Gasteiger partial charge in [-0.2, -0.15) is 0 Å². The van der Waals surface area contributed by atoms with Gasteiger partial charge >= 0.3 is 5.97 Å². The fourth-order valence-corrected chi connectivity index (χ4v) is 4.34. The molecule has 164 valence electrons. The highest BCUT2D eigenvalue weighted by Gasteiger charge is 2.32. The van der Waals surface area contributed by atoms with E-state index in [1.165, 1.54) is 4.90 Å².